The molecule has 0 bridgehead atoms. The van der Waals surface area contributed by atoms with Crippen LogP contribution in [-0.4, -0.2) is 50.3 Å². The lowest BCUT2D eigenvalue weighted by Gasteiger charge is -2.25. The van der Waals surface area contributed by atoms with E-state index in [1.54, 1.807) is 0 Å². The van der Waals surface area contributed by atoms with Crippen LogP contribution < -0.4 is 5.32 Å². The van der Waals surface area contributed by atoms with Crippen LogP contribution in [0.15, 0.2) is 29.3 Å². The summed E-state index contributed by atoms with van der Waals surface area (Å²) in [6.45, 7) is 3.98. The van der Waals surface area contributed by atoms with Crippen LogP contribution >= 0.6 is 35.6 Å². The van der Waals surface area contributed by atoms with Gasteiger partial charge in [0.25, 0.3) is 0 Å². The van der Waals surface area contributed by atoms with Gasteiger partial charge >= 0.3 is 0 Å². The van der Waals surface area contributed by atoms with Crippen molar-refractivity contribution in [3.63, 3.8) is 0 Å². The molecule has 3 unspecified atom stereocenters. The minimum atomic E-state index is 0. The fourth-order valence-electron chi connectivity index (χ4n) is 4.01. The van der Waals surface area contributed by atoms with Gasteiger partial charge in [0, 0.05) is 49.1 Å². The second-order valence-corrected chi connectivity index (χ2v) is 7.61. The number of ether oxygens (including phenoxy) is 1. The fourth-order valence-corrected chi connectivity index (χ4v) is 4.21. The number of nitrogens with one attached hydrogen (secondary N) is 1. The second kappa shape index (κ2) is 7.38. The van der Waals surface area contributed by atoms with Crippen molar-refractivity contribution in [2.24, 2.45) is 10.4 Å². The molecule has 1 spiro atoms. The predicted molar refractivity (Wildman–Crippen MR) is 109 cm³/mol. The molecular weight excluding hydrogens is 437 g/mol. The first-order chi connectivity index (χ1) is 11.2. The highest BCUT2D eigenvalue weighted by molar-refractivity contribution is 14.0. The number of halogens is 2. The quantitative estimate of drug-likeness (QED) is 0.416. The Morgan fingerprint density at radius 2 is 2.29 bits per heavy atom. The van der Waals surface area contributed by atoms with E-state index in [4.69, 9.17) is 16.3 Å². The number of aliphatic imine (C=N–C) groups is 1. The average molecular weight is 462 g/mol. The summed E-state index contributed by atoms with van der Waals surface area (Å²) in [7, 11) is 1.88. The van der Waals surface area contributed by atoms with E-state index >= 15 is 0 Å². The van der Waals surface area contributed by atoms with E-state index in [2.05, 4.69) is 27.3 Å². The number of nitrogens with zero attached hydrogens (tertiary/aromatic N) is 2. The molecule has 0 amide bonds. The molecule has 2 aliphatic heterocycles. The van der Waals surface area contributed by atoms with Gasteiger partial charge in [-0.1, -0.05) is 23.7 Å². The molecule has 24 heavy (non-hydrogen) atoms. The van der Waals surface area contributed by atoms with E-state index < -0.39 is 0 Å². The lowest BCUT2D eigenvalue weighted by molar-refractivity contribution is 0.156. The Morgan fingerprint density at radius 3 is 3.00 bits per heavy atom. The Bertz CT molecular complexity index is 618. The number of likely N-dealkylation sites (tertiary alicyclic amines) is 1. The third-order valence-electron chi connectivity index (χ3n) is 5.52. The molecule has 4 rings (SSSR count). The summed E-state index contributed by atoms with van der Waals surface area (Å²) in [5, 5.41) is 4.47. The zero-order valence-corrected chi connectivity index (χ0v) is 17.1. The predicted octanol–water partition coefficient (Wildman–Crippen LogP) is 3.50. The number of rotatable bonds is 2. The van der Waals surface area contributed by atoms with Crippen molar-refractivity contribution < 1.29 is 4.74 Å². The zero-order valence-electron chi connectivity index (χ0n) is 14.0. The SMILES string of the molecule is CN=C(NC1CC1c1cccc(Cl)c1)N1CCC2(CCOC2)C1.I. The molecule has 3 fully saturated rings. The Morgan fingerprint density at radius 1 is 1.42 bits per heavy atom. The van der Waals surface area contributed by atoms with Crippen molar-refractivity contribution >= 4 is 41.5 Å². The first kappa shape index (κ1) is 18.3. The number of benzene rings is 1. The van der Waals surface area contributed by atoms with Gasteiger partial charge < -0.3 is 15.0 Å². The molecule has 1 saturated carbocycles. The van der Waals surface area contributed by atoms with Gasteiger partial charge in [-0.05, 0) is 37.0 Å². The molecule has 1 aromatic carbocycles. The molecule has 4 nitrogen and oxygen atoms in total. The van der Waals surface area contributed by atoms with Gasteiger partial charge in [0.15, 0.2) is 5.96 Å². The fraction of sp³-hybridized carbons (Fsp3) is 0.611. The minimum absolute atomic E-state index is 0. The van der Waals surface area contributed by atoms with Gasteiger partial charge in [-0.2, -0.15) is 0 Å². The number of hydrogen-bond donors (Lipinski definition) is 1. The Balaban J connectivity index is 0.00000169. The number of guanidine groups is 1. The molecule has 1 aromatic rings. The Hall–Kier alpha value is -0.530. The highest BCUT2D eigenvalue weighted by atomic mass is 127. The first-order valence-electron chi connectivity index (χ1n) is 8.51. The maximum Gasteiger partial charge on any atom is 0.193 e. The minimum Gasteiger partial charge on any atom is -0.381 e. The van der Waals surface area contributed by atoms with Crippen LogP contribution in [0.2, 0.25) is 5.02 Å². The molecule has 0 radical (unpaired) electrons. The van der Waals surface area contributed by atoms with E-state index in [1.807, 2.05) is 19.2 Å². The van der Waals surface area contributed by atoms with E-state index in [9.17, 15) is 0 Å². The number of hydrogen-bond acceptors (Lipinski definition) is 2. The van der Waals surface area contributed by atoms with Crippen molar-refractivity contribution in [3.05, 3.63) is 34.9 Å². The Kier molecular flexibility index (Phi) is 5.62. The molecule has 2 saturated heterocycles. The van der Waals surface area contributed by atoms with Crippen molar-refractivity contribution in [1.29, 1.82) is 0 Å². The monoisotopic (exact) mass is 461 g/mol. The van der Waals surface area contributed by atoms with Gasteiger partial charge in [0.1, 0.15) is 0 Å². The van der Waals surface area contributed by atoms with Crippen molar-refractivity contribution in [1.82, 2.24) is 10.2 Å². The van der Waals surface area contributed by atoms with E-state index in [0.29, 0.717) is 17.4 Å². The largest absolute Gasteiger partial charge is 0.381 e. The van der Waals surface area contributed by atoms with Crippen LogP contribution in [-0.2, 0) is 4.74 Å². The molecule has 3 aliphatic rings. The van der Waals surface area contributed by atoms with E-state index in [1.165, 1.54) is 18.4 Å². The summed E-state index contributed by atoms with van der Waals surface area (Å²) in [4.78, 5) is 6.92. The summed E-state index contributed by atoms with van der Waals surface area (Å²) in [6.07, 6.45) is 3.56. The smallest absolute Gasteiger partial charge is 0.193 e. The molecule has 1 N–H and O–H groups in total. The van der Waals surface area contributed by atoms with Crippen LogP contribution in [0.25, 0.3) is 0 Å². The normalized spacial score (nSPS) is 32.1. The van der Waals surface area contributed by atoms with Crippen LogP contribution in [0.3, 0.4) is 0 Å². The summed E-state index contributed by atoms with van der Waals surface area (Å²) in [6, 6.07) is 8.69. The average Bonchev–Trinajstić information content (AvgIpc) is 2.98. The van der Waals surface area contributed by atoms with Crippen molar-refractivity contribution in [2.45, 2.75) is 31.2 Å². The van der Waals surface area contributed by atoms with Gasteiger partial charge in [0.2, 0.25) is 0 Å². The van der Waals surface area contributed by atoms with E-state index in [0.717, 1.165) is 43.7 Å². The Labute approximate surface area is 166 Å². The van der Waals surface area contributed by atoms with Gasteiger partial charge in [-0.25, -0.2) is 0 Å². The van der Waals surface area contributed by atoms with E-state index in [-0.39, 0.29) is 24.0 Å². The summed E-state index contributed by atoms with van der Waals surface area (Å²) < 4.78 is 5.62. The van der Waals surface area contributed by atoms with Gasteiger partial charge in [-0.3, -0.25) is 4.99 Å². The second-order valence-electron chi connectivity index (χ2n) is 7.17. The molecule has 132 valence electrons. The maximum atomic E-state index is 6.11. The highest BCUT2D eigenvalue weighted by Gasteiger charge is 2.44. The van der Waals surface area contributed by atoms with Gasteiger partial charge in [-0.15, -0.1) is 24.0 Å². The lowest BCUT2D eigenvalue weighted by atomic mass is 9.87. The molecule has 6 heteroatoms. The third-order valence-corrected chi connectivity index (χ3v) is 5.75. The van der Waals surface area contributed by atoms with Crippen molar-refractivity contribution in [2.75, 3.05) is 33.4 Å². The highest BCUT2D eigenvalue weighted by Crippen LogP contribution is 2.42. The topological polar surface area (TPSA) is 36.9 Å². The molecule has 1 aliphatic carbocycles. The summed E-state index contributed by atoms with van der Waals surface area (Å²) in [5.74, 6) is 1.60. The summed E-state index contributed by atoms with van der Waals surface area (Å²) >= 11 is 6.11. The van der Waals surface area contributed by atoms with Crippen LogP contribution in [0.1, 0.15) is 30.7 Å². The maximum absolute atomic E-state index is 6.11. The van der Waals surface area contributed by atoms with Crippen LogP contribution in [0, 0.1) is 5.41 Å². The zero-order chi connectivity index (χ0) is 15.9. The molecule has 0 aromatic heterocycles. The lowest BCUT2D eigenvalue weighted by Crippen LogP contribution is -2.42. The van der Waals surface area contributed by atoms with Crippen LogP contribution in [0.4, 0.5) is 0 Å². The first-order valence-corrected chi connectivity index (χ1v) is 8.88. The van der Waals surface area contributed by atoms with Gasteiger partial charge in [0.05, 0.1) is 6.61 Å². The van der Waals surface area contributed by atoms with Crippen molar-refractivity contribution in [3.8, 4) is 0 Å². The molecule has 3 atom stereocenters. The third kappa shape index (κ3) is 3.68. The molecule has 2 heterocycles. The standard InChI is InChI=1S/C18H24ClN3O.HI/c1-20-17(22-7-5-18(11-22)6-8-23-12-18)21-16-10-15(16)13-3-2-4-14(19)9-13;/h2-4,9,15-16H,5-8,10-12H2,1H3,(H,20,21);1H. The summed E-state index contributed by atoms with van der Waals surface area (Å²) in [5.41, 5.74) is 1.70. The molecular formula is C18H25ClIN3O. The van der Waals surface area contributed by atoms with Crippen LogP contribution in [0.5, 0.6) is 0 Å².